The maximum absolute atomic E-state index is 12.0. The number of nitrogens with zero attached hydrogens (tertiary/aromatic N) is 1. The lowest BCUT2D eigenvalue weighted by Crippen LogP contribution is -2.34. The van der Waals surface area contributed by atoms with Crippen LogP contribution >= 0.6 is 12.2 Å². The van der Waals surface area contributed by atoms with E-state index < -0.39 is 10.8 Å². The number of carbonyl (C=O) groups is 1. The summed E-state index contributed by atoms with van der Waals surface area (Å²) in [5.74, 6) is -0.506. The van der Waals surface area contributed by atoms with Crippen LogP contribution in [0.5, 0.6) is 0 Å². The van der Waals surface area contributed by atoms with Crippen molar-refractivity contribution < 1.29 is 9.72 Å². The minimum atomic E-state index is -0.555. The highest BCUT2D eigenvalue weighted by Crippen LogP contribution is 2.13. The number of rotatable bonds is 3. The van der Waals surface area contributed by atoms with Crippen LogP contribution in [0.15, 0.2) is 48.5 Å². The van der Waals surface area contributed by atoms with Gasteiger partial charge in [0.1, 0.15) is 0 Å². The SMILES string of the molecule is Cc1cccc(NC(=S)NC(=O)c2cccc([N+](=O)[O-])c2)c1. The first-order valence-electron chi connectivity index (χ1n) is 6.39. The van der Waals surface area contributed by atoms with Crippen LogP contribution in [-0.4, -0.2) is 15.9 Å². The first-order valence-corrected chi connectivity index (χ1v) is 6.80. The number of aryl methyl sites for hydroxylation is 1. The fraction of sp³-hybridized carbons (Fsp3) is 0.0667. The topological polar surface area (TPSA) is 84.3 Å². The number of nitro benzene ring substituents is 1. The van der Waals surface area contributed by atoms with Crippen LogP contribution in [0.25, 0.3) is 0 Å². The van der Waals surface area contributed by atoms with Crippen molar-refractivity contribution in [3.63, 3.8) is 0 Å². The molecule has 0 aliphatic heterocycles. The molecule has 2 aromatic carbocycles. The minimum absolute atomic E-state index is 0.127. The lowest BCUT2D eigenvalue weighted by Gasteiger charge is -2.10. The highest BCUT2D eigenvalue weighted by Gasteiger charge is 2.12. The van der Waals surface area contributed by atoms with E-state index in [-0.39, 0.29) is 16.4 Å². The molecule has 0 saturated heterocycles. The van der Waals surface area contributed by atoms with Gasteiger partial charge in [0.2, 0.25) is 0 Å². The zero-order chi connectivity index (χ0) is 16.1. The molecule has 0 spiro atoms. The van der Waals surface area contributed by atoms with Crippen LogP contribution in [0.2, 0.25) is 0 Å². The maximum Gasteiger partial charge on any atom is 0.270 e. The highest BCUT2D eigenvalue weighted by atomic mass is 32.1. The van der Waals surface area contributed by atoms with Crippen molar-refractivity contribution in [2.24, 2.45) is 0 Å². The van der Waals surface area contributed by atoms with Gasteiger partial charge in [-0.1, -0.05) is 18.2 Å². The van der Waals surface area contributed by atoms with E-state index in [0.29, 0.717) is 0 Å². The Labute approximate surface area is 132 Å². The second kappa shape index (κ2) is 6.77. The van der Waals surface area contributed by atoms with Crippen LogP contribution in [0.3, 0.4) is 0 Å². The molecular weight excluding hydrogens is 302 g/mol. The van der Waals surface area contributed by atoms with E-state index in [9.17, 15) is 14.9 Å². The molecule has 0 heterocycles. The molecule has 2 N–H and O–H groups in total. The van der Waals surface area contributed by atoms with Crippen molar-refractivity contribution >= 4 is 34.6 Å². The fourth-order valence-corrected chi connectivity index (χ4v) is 2.03. The van der Waals surface area contributed by atoms with Gasteiger partial charge in [0.05, 0.1) is 4.92 Å². The van der Waals surface area contributed by atoms with Crippen molar-refractivity contribution in [1.29, 1.82) is 0 Å². The number of hydrogen-bond donors (Lipinski definition) is 2. The van der Waals surface area contributed by atoms with Crippen molar-refractivity contribution in [3.05, 3.63) is 69.8 Å². The molecule has 0 aliphatic rings. The molecule has 112 valence electrons. The van der Waals surface area contributed by atoms with Crippen LogP contribution in [0.4, 0.5) is 11.4 Å². The van der Waals surface area contributed by atoms with E-state index in [0.717, 1.165) is 11.3 Å². The number of non-ortho nitro benzene ring substituents is 1. The van der Waals surface area contributed by atoms with Crippen molar-refractivity contribution in [1.82, 2.24) is 5.32 Å². The molecule has 0 saturated carbocycles. The Morgan fingerprint density at radius 1 is 1.18 bits per heavy atom. The average molecular weight is 315 g/mol. The molecule has 7 heteroatoms. The summed E-state index contributed by atoms with van der Waals surface area (Å²) in [4.78, 5) is 22.2. The Balaban J connectivity index is 2.04. The predicted molar refractivity (Wildman–Crippen MR) is 88.0 cm³/mol. The summed E-state index contributed by atoms with van der Waals surface area (Å²) in [5.41, 5.74) is 1.83. The Morgan fingerprint density at radius 2 is 1.91 bits per heavy atom. The quantitative estimate of drug-likeness (QED) is 0.517. The lowest BCUT2D eigenvalue weighted by atomic mass is 10.2. The van der Waals surface area contributed by atoms with E-state index in [1.165, 1.54) is 24.3 Å². The maximum atomic E-state index is 12.0. The largest absolute Gasteiger partial charge is 0.332 e. The van der Waals surface area contributed by atoms with Gasteiger partial charge in [-0.25, -0.2) is 0 Å². The van der Waals surface area contributed by atoms with E-state index in [1.54, 1.807) is 0 Å². The summed E-state index contributed by atoms with van der Waals surface area (Å²) in [5, 5.41) is 16.2. The van der Waals surface area contributed by atoms with Gasteiger partial charge < -0.3 is 5.32 Å². The minimum Gasteiger partial charge on any atom is -0.332 e. The van der Waals surface area contributed by atoms with E-state index >= 15 is 0 Å². The van der Waals surface area contributed by atoms with Gasteiger partial charge in [-0.2, -0.15) is 0 Å². The number of thiocarbonyl (C=S) groups is 1. The van der Waals surface area contributed by atoms with E-state index in [1.807, 2.05) is 31.2 Å². The second-order valence-corrected chi connectivity index (χ2v) is 4.99. The van der Waals surface area contributed by atoms with Gasteiger partial charge >= 0.3 is 0 Å². The molecule has 0 aromatic heterocycles. The number of hydrogen-bond acceptors (Lipinski definition) is 4. The number of nitro groups is 1. The molecule has 2 rings (SSSR count). The Bertz CT molecular complexity index is 746. The summed E-state index contributed by atoms with van der Waals surface area (Å²) < 4.78 is 0. The molecule has 0 atom stereocenters. The van der Waals surface area contributed by atoms with Crippen molar-refractivity contribution in [2.75, 3.05) is 5.32 Å². The number of benzene rings is 2. The third-order valence-electron chi connectivity index (χ3n) is 2.82. The summed E-state index contributed by atoms with van der Waals surface area (Å²) in [6.45, 7) is 1.94. The summed E-state index contributed by atoms with van der Waals surface area (Å²) >= 11 is 5.06. The smallest absolute Gasteiger partial charge is 0.270 e. The highest BCUT2D eigenvalue weighted by molar-refractivity contribution is 7.80. The van der Waals surface area contributed by atoms with Gasteiger partial charge in [0.15, 0.2) is 5.11 Å². The number of carbonyl (C=O) groups excluding carboxylic acids is 1. The standard InChI is InChI=1S/C15H13N3O3S/c1-10-4-2-6-12(8-10)16-15(22)17-14(19)11-5-3-7-13(9-11)18(20)21/h2-9H,1H3,(H2,16,17,19,22). The molecule has 6 nitrogen and oxygen atoms in total. The summed E-state index contributed by atoms with van der Waals surface area (Å²) in [6.07, 6.45) is 0. The zero-order valence-electron chi connectivity index (χ0n) is 11.7. The normalized spacial score (nSPS) is 9.86. The number of anilines is 1. The van der Waals surface area contributed by atoms with Gasteiger partial charge in [-0.15, -0.1) is 0 Å². The molecule has 0 unspecified atom stereocenters. The summed E-state index contributed by atoms with van der Waals surface area (Å²) in [6, 6.07) is 13.0. The molecule has 0 radical (unpaired) electrons. The third-order valence-corrected chi connectivity index (χ3v) is 3.03. The molecule has 0 bridgehead atoms. The van der Waals surface area contributed by atoms with E-state index in [4.69, 9.17) is 12.2 Å². The van der Waals surface area contributed by atoms with Gasteiger partial charge in [-0.3, -0.25) is 20.2 Å². The van der Waals surface area contributed by atoms with Gasteiger partial charge in [-0.05, 0) is 42.9 Å². The third kappa shape index (κ3) is 4.10. The second-order valence-electron chi connectivity index (χ2n) is 4.59. The molecule has 22 heavy (non-hydrogen) atoms. The molecule has 2 aromatic rings. The van der Waals surface area contributed by atoms with Crippen LogP contribution < -0.4 is 10.6 Å². The van der Waals surface area contributed by atoms with Gasteiger partial charge in [0, 0.05) is 23.4 Å². The Kier molecular flexibility index (Phi) is 4.80. The fourth-order valence-electron chi connectivity index (χ4n) is 1.82. The van der Waals surface area contributed by atoms with E-state index in [2.05, 4.69) is 10.6 Å². The van der Waals surface area contributed by atoms with Crippen molar-refractivity contribution in [2.45, 2.75) is 6.92 Å². The molecular formula is C15H13N3O3S. The van der Waals surface area contributed by atoms with Crippen molar-refractivity contribution in [3.8, 4) is 0 Å². The summed E-state index contributed by atoms with van der Waals surface area (Å²) in [7, 11) is 0. The monoisotopic (exact) mass is 315 g/mol. The zero-order valence-corrected chi connectivity index (χ0v) is 12.5. The predicted octanol–water partition coefficient (Wildman–Crippen LogP) is 3.03. The Morgan fingerprint density at radius 3 is 2.59 bits per heavy atom. The lowest BCUT2D eigenvalue weighted by molar-refractivity contribution is -0.384. The first kappa shape index (κ1) is 15.6. The average Bonchev–Trinajstić information content (AvgIpc) is 2.47. The molecule has 1 amide bonds. The molecule has 0 fully saturated rings. The Hall–Kier alpha value is -2.80. The number of amides is 1. The molecule has 0 aliphatic carbocycles. The van der Waals surface area contributed by atoms with Gasteiger partial charge in [0.25, 0.3) is 11.6 Å². The first-order chi connectivity index (χ1) is 10.5. The van der Waals surface area contributed by atoms with Crippen LogP contribution in [0, 0.1) is 17.0 Å². The van der Waals surface area contributed by atoms with Crippen LogP contribution in [0.1, 0.15) is 15.9 Å². The van der Waals surface area contributed by atoms with Crippen LogP contribution in [-0.2, 0) is 0 Å². The number of nitrogens with one attached hydrogen (secondary N) is 2.